The van der Waals surface area contributed by atoms with Crippen molar-refractivity contribution in [2.75, 3.05) is 13.1 Å². The molecule has 1 saturated carbocycles. The van der Waals surface area contributed by atoms with Crippen LogP contribution in [0.4, 0.5) is 4.39 Å². The zero-order valence-electron chi connectivity index (χ0n) is 11.9. The molecule has 1 aliphatic carbocycles. The van der Waals surface area contributed by atoms with E-state index in [4.69, 9.17) is 0 Å². The van der Waals surface area contributed by atoms with Crippen molar-refractivity contribution in [1.29, 1.82) is 0 Å². The van der Waals surface area contributed by atoms with Crippen molar-refractivity contribution in [2.45, 2.75) is 37.7 Å². The van der Waals surface area contributed by atoms with E-state index in [2.05, 4.69) is 0 Å². The summed E-state index contributed by atoms with van der Waals surface area (Å²) in [7, 11) is 0. The number of piperidine rings is 1. The summed E-state index contributed by atoms with van der Waals surface area (Å²) in [6, 6.07) is 3.58. The average Bonchev–Trinajstić information content (AvgIpc) is 2.45. The quantitative estimate of drug-likeness (QED) is 0.835. The molecule has 2 unspecified atom stereocenters. The number of amides is 1. The third-order valence-electron chi connectivity index (χ3n) is 4.90. The topological polar surface area (TPSA) is 60.8 Å². The predicted octanol–water partition coefficient (Wildman–Crippen LogP) is 2.30. The van der Waals surface area contributed by atoms with Gasteiger partial charge in [-0.1, -0.05) is 12.8 Å². The number of phenols is 1. The molecular weight excluding hydrogens is 273 g/mol. The molecule has 2 fully saturated rings. The highest BCUT2D eigenvalue weighted by Crippen LogP contribution is 2.40. The second kappa shape index (κ2) is 5.30. The fraction of sp³-hybridized carbons (Fsp3) is 0.562. The van der Waals surface area contributed by atoms with Gasteiger partial charge in [0.25, 0.3) is 5.91 Å². The molecule has 1 aromatic rings. The number of aromatic hydroxyl groups is 1. The molecule has 1 saturated heterocycles. The van der Waals surface area contributed by atoms with E-state index in [1.807, 2.05) is 0 Å². The van der Waals surface area contributed by atoms with Crippen molar-refractivity contribution in [1.82, 2.24) is 4.90 Å². The molecule has 2 aliphatic rings. The van der Waals surface area contributed by atoms with Gasteiger partial charge >= 0.3 is 0 Å². The maximum absolute atomic E-state index is 13.8. The predicted molar refractivity (Wildman–Crippen MR) is 75.5 cm³/mol. The van der Waals surface area contributed by atoms with Crippen molar-refractivity contribution in [3.8, 4) is 5.75 Å². The van der Waals surface area contributed by atoms with Crippen LogP contribution in [0.2, 0.25) is 0 Å². The van der Waals surface area contributed by atoms with Gasteiger partial charge in [-0.25, -0.2) is 4.39 Å². The highest BCUT2D eigenvalue weighted by atomic mass is 19.1. The highest BCUT2D eigenvalue weighted by molar-refractivity contribution is 5.94. The fourth-order valence-corrected chi connectivity index (χ4v) is 3.60. The Bertz CT molecular complexity index is 562. The van der Waals surface area contributed by atoms with Crippen LogP contribution in [0.25, 0.3) is 0 Å². The Morgan fingerprint density at radius 2 is 2.14 bits per heavy atom. The molecule has 0 bridgehead atoms. The van der Waals surface area contributed by atoms with Crippen LogP contribution in [0.3, 0.4) is 0 Å². The maximum atomic E-state index is 13.8. The third kappa shape index (κ3) is 2.62. The minimum atomic E-state index is -0.704. The van der Waals surface area contributed by atoms with Gasteiger partial charge in [-0.2, -0.15) is 0 Å². The van der Waals surface area contributed by atoms with Crippen molar-refractivity contribution in [3.05, 3.63) is 29.6 Å². The number of carbonyl (C=O) groups is 1. The van der Waals surface area contributed by atoms with Gasteiger partial charge in [0.2, 0.25) is 0 Å². The highest BCUT2D eigenvalue weighted by Gasteiger charge is 2.43. The number of phenolic OH excluding ortho intramolecular Hbond substituents is 1. The summed E-state index contributed by atoms with van der Waals surface area (Å²) in [5.74, 6) is -1.17. The standard InChI is InChI=1S/C16H20FNO3/c17-14-9-12(19)4-5-13(14)15(20)18-8-7-16(21)6-2-1-3-11(16)10-18/h4-5,9,11,19,21H,1-3,6-8,10H2. The number of aliphatic hydroxyl groups is 1. The van der Waals surface area contributed by atoms with Crippen LogP contribution in [0, 0.1) is 11.7 Å². The number of carbonyl (C=O) groups excluding carboxylic acids is 1. The average molecular weight is 293 g/mol. The van der Waals surface area contributed by atoms with E-state index >= 15 is 0 Å². The summed E-state index contributed by atoms with van der Waals surface area (Å²) in [5.41, 5.74) is -0.670. The van der Waals surface area contributed by atoms with Crippen LogP contribution >= 0.6 is 0 Å². The van der Waals surface area contributed by atoms with Crippen molar-refractivity contribution >= 4 is 5.91 Å². The van der Waals surface area contributed by atoms with Gasteiger partial charge in [-0.05, 0) is 31.4 Å². The lowest BCUT2D eigenvalue weighted by Crippen LogP contribution is -2.54. The molecule has 21 heavy (non-hydrogen) atoms. The summed E-state index contributed by atoms with van der Waals surface area (Å²) >= 11 is 0. The summed E-state index contributed by atoms with van der Waals surface area (Å²) in [5, 5.41) is 19.8. The SMILES string of the molecule is O=C(c1ccc(O)cc1F)N1CCC2(O)CCCCC2C1. The summed E-state index contributed by atoms with van der Waals surface area (Å²) < 4.78 is 13.8. The minimum Gasteiger partial charge on any atom is -0.508 e. The van der Waals surface area contributed by atoms with Crippen molar-refractivity contribution in [3.63, 3.8) is 0 Å². The first kappa shape index (κ1) is 14.3. The molecule has 0 aromatic heterocycles. The maximum Gasteiger partial charge on any atom is 0.256 e. The number of hydrogen-bond acceptors (Lipinski definition) is 3. The van der Waals surface area contributed by atoms with Gasteiger partial charge in [0.05, 0.1) is 11.2 Å². The molecule has 3 rings (SSSR count). The number of likely N-dealkylation sites (tertiary alicyclic amines) is 1. The van der Waals surface area contributed by atoms with E-state index in [0.29, 0.717) is 19.5 Å². The molecule has 4 nitrogen and oxygen atoms in total. The van der Waals surface area contributed by atoms with Gasteiger partial charge in [-0.3, -0.25) is 4.79 Å². The Labute approximate surface area is 123 Å². The zero-order chi connectivity index (χ0) is 15.0. The molecule has 114 valence electrons. The summed E-state index contributed by atoms with van der Waals surface area (Å²) in [6.07, 6.45) is 4.38. The molecule has 2 atom stereocenters. The van der Waals surface area contributed by atoms with Crippen LogP contribution in [0.5, 0.6) is 5.75 Å². The largest absolute Gasteiger partial charge is 0.508 e. The number of nitrogens with zero attached hydrogens (tertiary/aromatic N) is 1. The Morgan fingerprint density at radius 3 is 2.90 bits per heavy atom. The lowest BCUT2D eigenvalue weighted by Gasteiger charge is -2.47. The number of halogens is 1. The molecule has 1 amide bonds. The van der Waals surface area contributed by atoms with Crippen LogP contribution in [0.1, 0.15) is 42.5 Å². The van der Waals surface area contributed by atoms with E-state index in [-0.39, 0.29) is 23.1 Å². The fourth-order valence-electron chi connectivity index (χ4n) is 3.60. The lowest BCUT2D eigenvalue weighted by molar-refractivity contribution is -0.0886. The normalized spacial score (nSPS) is 29.0. The second-order valence-electron chi connectivity index (χ2n) is 6.21. The van der Waals surface area contributed by atoms with E-state index in [1.165, 1.54) is 12.1 Å². The zero-order valence-corrected chi connectivity index (χ0v) is 11.9. The molecule has 0 radical (unpaired) electrons. The van der Waals surface area contributed by atoms with E-state index in [1.54, 1.807) is 4.90 Å². The van der Waals surface area contributed by atoms with E-state index < -0.39 is 11.4 Å². The van der Waals surface area contributed by atoms with Crippen LogP contribution < -0.4 is 0 Å². The van der Waals surface area contributed by atoms with Gasteiger partial charge < -0.3 is 15.1 Å². The number of benzene rings is 1. The number of fused-ring (bicyclic) bond motifs is 1. The minimum absolute atomic E-state index is 0.0194. The monoisotopic (exact) mass is 293 g/mol. The van der Waals surface area contributed by atoms with Gasteiger partial charge in [0, 0.05) is 25.1 Å². The van der Waals surface area contributed by atoms with Crippen LogP contribution in [0.15, 0.2) is 18.2 Å². The first-order valence-corrected chi connectivity index (χ1v) is 7.50. The Morgan fingerprint density at radius 1 is 1.33 bits per heavy atom. The van der Waals surface area contributed by atoms with Crippen molar-refractivity contribution < 1.29 is 19.4 Å². The first-order valence-electron chi connectivity index (χ1n) is 7.50. The molecule has 2 N–H and O–H groups in total. The van der Waals surface area contributed by atoms with Crippen LogP contribution in [-0.2, 0) is 0 Å². The summed E-state index contributed by atoms with van der Waals surface area (Å²) in [6.45, 7) is 0.932. The summed E-state index contributed by atoms with van der Waals surface area (Å²) in [4.78, 5) is 14.1. The molecule has 0 spiro atoms. The smallest absolute Gasteiger partial charge is 0.256 e. The first-order chi connectivity index (χ1) is 9.99. The molecule has 5 heteroatoms. The number of rotatable bonds is 1. The lowest BCUT2D eigenvalue weighted by atomic mass is 9.71. The van der Waals surface area contributed by atoms with Crippen LogP contribution in [-0.4, -0.2) is 39.7 Å². The van der Waals surface area contributed by atoms with Gasteiger partial charge in [0.1, 0.15) is 11.6 Å². The molecular formula is C16H20FNO3. The molecule has 1 heterocycles. The van der Waals surface area contributed by atoms with E-state index in [0.717, 1.165) is 31.7 Å². The third-order valence-corrected chi connectivity index (χ3v) is 4.90. The number of hydrogen-bond donors (Lipinski definition) is 2. The van der Waals surface area contributed by atoms with Crippen molar-refractivity contribution in [2.24, 2.45) is 5.92 Å². The Balaban J connectivity index is 1.77. The molecule has 1 aliphatic heterocycles. The second-order valence-corrected chi connectivity index (χ2v) is 6.21. The Kier molecular flexibility index (Phi) is 3.61. The molecule has 1 aromatic carbocycles. The van der Waals surface area contributed by atoms with E-state index in [9.17, 15) is 19.4 Å². The Hall–Kier alpha value is -1.62. The van der Waals surface area contributed by atoms with Gasteiger partial charge in [-0.15, -0.1) is 0 Å². The van der Waals surface area contributed by atoms with Gasteiger partial charge in [0.15, 0.2) is 0 Å².